The average molecular weight is 303 g/mol. The second-order valence-corrected chi connectivity index (χ2v) is 4.03. The van der Waals surface area contributed by atoms with Gasteiger partial charge in [0, 0.05) is 12.4 Å². The lowest BCUT2D eigenvalue weighted by atomic mass is 10.0. The first kappa shape index (κ1) is 16.5. The third-order valence-electron chi connectivity index (χ3n) is 2.81. The highest BCUT2D eigenvalue weighted by Gasteiger charge is 2.08. The van der Waals surface area contributed by atoms with Gasteiger partial charge in [0.1, 0.15) is 0 Å². The van der Waals surface area contributed by atoms with E-state index in [0.29, 0.717) is 17.1 Å². The molecule has 0 N–H and O–H groups in total. The molecule has 0 aliphatic rings. The Kier molecular flexibility index (Phi) is 6.25. The average Bonchev–Trinajstić information content (AvgIpc) is 2.53. The maximum Gasteiger partial charge on any atom is 0.161 e. The van der Waals surface area contributed by atoms with Gasteiger partial charge in [-0.25, -0.2) is 0 Å². The summed E-state index contributed by atoms with van der Waals surface area (Å²) in [7, 11) is 3.15. The minimum absolute atomic E-state index is 0. The van der Waals surface area contributed by atoms with Crippen LogP contribution in [-0.2, 0) is 0 Å². The van der Waals surface area contributed by atoms with Crippen LogP contribution in [0.5, 0.6) is 11.5 Å². The van der Waals surface area contributed by atoms with E-state index in [-0.39, 0.29) is 12.4 Å². The molecule has 0 unspecified atom stereocenters. The largest absolute Gasteiger partial charge is 0.493 e. The highest BCUT2D eigenvalue weighted by molar-refractivity contribution is 5.90. The van der Waals surface area contributed by atoms with E-state index in [2.05, 4.69) is 11.1 Å². The van der Waals surface area contributed by atoms with Crippen molar-refractivity contribution >= 4 is 24.1 Å². The maximum atomic E-state index is 9.32. The lowest BCUT2D eigenvalue weighted by Gasteiger charge is -2.09. The molecule has 0 amide bonds. The normalized spacial score (nSPS) is 10.2. The predicted octanol–water partition coefficient (Wildman–Crippen LogP) is 3.58. The molecule has 0 fully saturated rings. The second-order valence-electron chi connectivity index (χ2n) is 4.03. The molecule has 0 atom stereocenters. The van der Waals surface area contributed by atoms with Crippen LogP contribution in [0.1, 0.15) is 11.1 Å². The molecule has 0 saturated heterocycles. The Morgan fingerprint density at radius 2 is 1.95 bits per heavy atom. The van der Waals surface area contributed by atoms with Gasteiger partial charge in [-0.15, -0.1) is 12.4 Å². The minimum Gasteiger partial charge on any atom is -0.493 e. The van der Waals surface area contributed by atoms with Crippen molar-refractivity contribution in [3.8, 4) is 17.6 Å². The van der Waals surface area contributed by atoms with Crippen molar-refractivity contribution in [3.05, 3.63) is 53.9 Å². The second kappa shape index (κ2) is 7.93. The standard InChI is InChI=1S/C16H14N2O2.ClH/c1-19-15-6-5-13(9-16(15)20-2)14(10-17)8-12-4-3-7-18-11-12;/h3-9,11H,1-2H3;1H/b14-8+;. The zero-order chi connectivity index (χ0) is 14.4. The quantitative estimate of drug-likeness (QED) is 0.810. The molecule has 0 radical (unpaired) electrons. The van der Waals surface area contributed by atoms with Crippen LogP contribution in [0.15, 0.2) is 42.7 Å². The fourth-order valence-corrected chi connectivity index (χ4v) is 1.81. The lowest BCUT2D eigenvalue weighted by Crippen LogP contribution is -1.92. The number of benzene rings is 1. The van der Waals surface area contributed by atoms with E-state index in [0.717, 1.165) is 11.1 Å². The number of rotatable bonds is 4. The van der Waals surface area contributed by atoms with Crippen molar-refractivity contribution in [1.29, 1.82) is 5.26 Å². The lowest BCUT2D eigenvalue weighted by molar-refractivity contribution is 0.355. The number of pyridine rings is 1. The van der Waals surface area contributed by atoms with E-state index >= 15 is 0 Å². The van der Waals surface area contributed by atoms with E-state index in [1.54, 1.807) is 44.8 Å². The van der Waals surface area contributed by atoms with Gasteiger partial charge >= 0.3 is 0 Å². The molecule has 4 nitrogen and oxygen atoms in total. The highest BCUT2D eigenvalue weighted by Crippen LogP contribution is 2.30. The van der Waals surface area contributed by atoms with Crippen molar-refractivity contribution in [1.82, 2.24) is 4.98 Å². The molecular formula is C16H15ClN2O2. The number of hydrogen-bond donors (Lipinski definition) is 0. The SMILES string of the molecule is COc1ccc(/C(C#N)=C/c2cccnc2)cc1OC.Cl. The fourth-order valence-electron chi connectivity index (χ4n) is 1.81. The van der Waals surface area contributed by atoms with Gasteiger partial charge in [-0.05, 0) is 41.5 Å². The summed E-state index contributed by atoms with van der Waals surface area (Å²) < 4.78 is 10.4. The first-order valence-electron chi connectivity index (χ1n) is 6.02. The molecule has 0 aliphatic heterocycles. The van der Waals surface area contributed by atoms with E-state index in [1.165, 1.54) is 0 Å². The molecule has 1 aromatic heterocycles. The Morgan fingerprint density at radius 3 is 2.52 bits per heavy atom. The minimum atomic E-state index is 0. The number of nitriles is 1. The molecule has 0 bridgehead atoms. The first-order valence-corrected chi connectivity index (χ1v) is 6.02. The van der Waals surface area contributed by atoms with Crippen molar-refractivity contribution in [2.45, 2.75) is 0 Å². The Balaban J connectivity index is 0.00000220. The highest BCUT2D eigenvalue weighted by atomic mass is 35.5. The summed E-state index contributed by atoms with van der Waals surface area (Å²) in [6.45, 7) is 0. The van der Waals surface area contributed by atoms with E-state index in [1.807, 2.05) is 18.2 Å². The predicted molar refractivity (Wildman–Crippen MR) is 84.5 cm³/mol. The molecule has 0 saturated carbocycles. The third-order valence-corrected chi connectivity index (χ3v) is 2.81. The monoisotopic (exact) mass is 302 g/mol. The molecule has 0 aliphatic carbocycles. The van der Waals surface area contributed by atoms with Crippen LogP contribution >= 0.6 is 12.4 Å². The van der Waals surface area contributed by atoms with E-state index in [4.69, 9.17) is 9.47 Å². The molecule has 1 aromatic carbocycles. The topological polar surface area (TPSA) is 55.1 Å². The molecule has 21 heavy (non-hydrogen) atoms. The molecule has 2 rings (SSSR count). The van der Waals surface area contributed by atoms with Crippen LogP contribution < -0.4 is 9.47 Å². The van der Waals surface area contributed by atoms with Crippen molar-refractivity contribution in [2.24, 2.45) is 0 Å². The molecule has 108 valence electrons. The van der Waals surface area contributed by atoms with Gasteiger partial charge in [0.05, 0.1) is 25.9 Å². The number of methoxy groups -OCH3 is 2. The summed E-state index contributed by atoms with van der Waals surface area (Å²) in [4.78, 5) is 4.03. The summed E-state index contributed by atoms with van der Waals surface area (Å²) in [5.74, 6) is 1.23. The van der Waals surface area contributed by atoms with Gasteiger partial charge in [-0.3, -0.25) is 4.98 Å². The molecule has 1 heterocycles. The summed E-state index contributed by atoms with van der Waals surface area (Å²) >= 11 is 0. The Labute approximate surface area is 130 Å². The van der Waals surface area contributed by atoms with E-state index < -0.39 is 0 Å². The van der Waals surface area contributed by atoms with E-state index in [9.17, 15) is 5.26 Å². The number of nitrogens with zero attached hydrogens (tertiary/aromatic N) is 2. The summed E-state index contributed by atoms with van der Waals surface area (Å²) in [6, 6.07) is 11.3. The van der Waals surface area contributed by atoms with Crippen LogP contribution in [-0.4, -0.2) is 19.2 Å². The number of ether oxygens (including phenoxy) is 2. The van der Waals surface area contributed by atoms with Crippen molar-refractivity contribution in [2.75, 3.05) is 14.2 Å². The summed E-state index contributed by atoms with van der Waals surface area (Å²) in [6.07, 6.45) is 5.19. The van der Waals surface area contributed by atoms with Crippen LogP contribution in [0, 0.1) is 11.3 Å². The van der Waals surface area contributed by atoms with Gasteiger partial charge in [-0.2, -0.15) is 5.26 Å². The Hall–Kier alpha value is -2.51. The summed E-state index contributed by atoms with van der Waals surface area (Å²) in [5.41, 5.74) is 2.19. The zero-order valence-corrected chi connectivity index (χ0v) is 12.6. The fraction of sp³-hybridized carbons (Fsp3) is 0.125. The molecule has 5 heteroatoms. The Bertz CT molecular complexity index is 664. The van der Waals surface area contributed by atoms with Gasteiger partial charge in [0.25, 0.3) is 0 Å². The first-order chi connectivity index (χ1) is 9.78. The van der Waals surface area contributed by atoms with Crippen LogP contribution in [0.25, 0.3) is 11.6 Å². The molecule has 2 aromatic rings. The van der Waals surface area contributed by atoms with Crippen molar-refractivity contribution in [3.63, 3.8) is 0 Å². The maximum absolute atomic E-state index is 9.32. The zero-order valence-electron chi connectivity index (χ0n) is 11.7. The number of hydrogen-bond acceptors (Lipinski definition) is 4. The van der Waals surface area contributed by atoms with Crippen molar-refractivity contribution < 1.29 is 9.47 Å². The van der Waals surface area contributed by atoms with Crippen LogP contribution in [0.4, 0.5) is 0 Å². The number of halogens is 1. The summed E-state index contributed by atoms with van der Waals surface area (Å²) in [5, 5.41) is 9.32. The molecular weight excluding hydrogens is 288 g/mol. The van der Waals surface area contributed by atoms with Gasteiger partial charge < -0.3 is 9.47 Å². The van der Waals surface area contributed by atoms with Crippen LogP contribution in [0.2, 0.25) is 0 Å². The number of aromatic nitrogens is 1. The van der Waals surface area contributed by atoms with Gasteiger partial charge in [-0.1, -0.05) is 6.07 Å². The van der Waals surface area contributed by atoms with Crippen LogP contribution in [0.3, 0.4) is 0 Å². The van der Waals surface area contributed by atoms with Gasteiger partial charge in [0.15, 0.2) is 11.5 Å². The smallest absolute Gasteiger partial charge is 0.161 e. The number of allylic oxidation sites excluding steroid dienone is 1. The third kappa shape index (κ3) is 3.98. The Morgan fingerprint density at radius 1 is 1.19 bits per heavy atom. The molecule has 0 spiro atoms. The van der Waals surface area contributed by atoms with Gasteiger partial charge in [0.2, 0.25) is 0 Å².